The molecule has 1 aliphatic carbocycles. The average molecular weight is 482 g/mol. The summed E-state index contributed by atoms with van der Waals surface area (Å²) in [6.07, 6.45) is -16.0. The van der Waals surface area contributed by atoms with Crippen LogP contribution in [0.3, 0.4) is 0 Å². The Bertz CT molecular complexity index is 765. The largest absolute Gasteiger partial charge is 0.434 e. The second kappa shape index (κ2) is 8.25. The van der Waals surface area contributed by atoms with E-state index in [0.29, 0.717) is 6.42 Å². The summed E-state index contributed by atoms with van der Waals surface area (Å²) in [5.41, 5.74) is -0.938. The molecule has 0 radical (unpaired) electrons. The second-order valence-electron chi connectivity index (χ2n) is 8.19. The molecule has 1 saturated carbocycles. The Labute approximate surface area is 175 Å². The topological polar surface area (TPSA) is 76.2 Å². The Morgan fingerprint density at radius 1 is 1.13 bits per heavy atom. The van der Waals surface area contributed by atoms with Gasteiger partial charge in [0.15, 0.2) is 0 Å². The number of morpholine rings is 1. The van der Waals surface area contributed by atoms with E-state index in [4.69, 9.17) is 4.74 Å². The minimum absolute atomic E-state index is 0.0406. The van der Waals surface area contributed by atoms with Crippen LogP contribution in [-0.2, 0) is 19.5 Å². The summed E-state index contributed by atoms with van der Waals surface area (Å²) in [6, 6.07) is 0. The molecule has 3 fully saturated rings. The predicted molar refractivity (Wildman–Crippen MR) is 94.5 cm³/mol. The Balaban J connectivity index is 1.60. The molecular formula is C17H24F6N2O5S. The monoisotopic (exact) mass is 482 g/mol. The number of likely N-dealkylation sites (tertiary alicyclic amines) is 1. The molecule has 0 N–H and O–H groups in total. The van der Waals surface area contributed by atoms with E-state index in [1.807, 2.05) is 6.92 Å². The van der Waals surface area contributed by atoms with Crippen LogP contribution in [0.15, 0.2) is 0 Å². The van der Waals surface area contributed by atoms with E-state index in [1.165, 1.54) is 4.31 Å². The van der Waals surface area contributed by atoms with Crippen LogP contribution in [0.2, 0.25) is 0 Å². The van der Waals surface area contributed by atoms with Crippen LogP contribution in [0, 0.1) is 5.92 Å². The molecule has 0 bridgehead atoms. The van der Waals surface area contributed by atoms with Crippen molar-refractivity contribution in [3.63, 3.8) is 0 Å². The van der Waals surface area contributed by atoms with Crippen molar-refractivity contribution < 1.29 is 49.0 Å². The molecule has 3 rings (SSSR count). The van der Waals surface area contributed by atoms with Crippen LogP contribution in [-0.4, -0.2) is 85.8 Å². The number of amides is 1. The number of nitrogens with zero attached hydrogens (tertiary/aromatic N) is 2. The van der Waals surface area contributed by atoms with Gasteiger partial charge in [0.25, 0.3) is 6.10 Å². The summed E-state index contributed by atoms with van der Waals surface area (Å²) in [4.78, 5) is 12.7. The van der Waals surface area contributed by atoms with E-state index in [1.54, 1.807) is 0 Å². The number of rotatable bonds is 4. The first-order valence-electron chi connectivity index (χ1n) is 9.91. The third-order valence-electron chi connectivity index (χ3n) is 6.08. The van der Waals surface area contributed by atoms with E-state index < -0.39 is 45.4 Å². The highest BCUT2D eigenvalue weighted by atomic mass is 32.2. The van der Waals surface area contributed by atoms with Crippen LogP contribution in [0.5, 0.6) is 0 Å². The molecule has 31 heavy (non-hydrogen) atoms. The van der Waals surface area contributed by atoms with Crippen molar-refractivity contribution in [3.8, 4) is 0 Å². The van der Waals surface area contributed by atoms with Gasteiger partial charge in [0.1, 0.15) is 0 Å². The lowest BCUT2D eigenvalue weighted by Crippen LogP contribution is -2.59. The first kappa shape index (κ1) is 24.4. The lowest BCUT2D eigenvalue weighted by atomic mass is 9.90. The van der Waals surface area contributed by atoms with Gasteiger partial charge in [-0.15, -0.1) is 0 Å². The fourth-order valence-corrected chi connectivity index (χ4v) is 6.42. The standard InChI is InChI=1S/C17H24F6N2O5S/c1-2-11-9-12(11)31(27,28)25-7-8-29-15(10-25)3-5-24(6-4-15)14(26)30-13(16(18,19)20)17(21,22)23/h11-13H,2-10H2,1H3. The Morgan fingerprint density at radius 3 is 2.19 bits per heavy atom. The third kappa shape index (κ3) is 5.21. The van der Waals surface area contributed by atoms with Crippen LogP contribution in [0.4, 0.5) is 31.1 Å². The van der Waals surface area contributed by atoms with Crippen molar-refractivity contribution in [1.29, 1.82) is 0 Å². The van der Waals surface area contributed by atoms with Crippen LogP contribution in [0.1, 0.15) is 32.6 Å². The van der Waals surface area contributed by atoms with Crippen molar-refractivity contribution in [2.75, 3.05) is 32.8 Å². The lowest BCUT2D eigenvalue weighted by Gasteiger charge is -2.46. The number of alkyl halides is 6. The molecule has 1 amide bonds. The first-order chi connectivity index (χ1) is 14.2. The first-order valence-corrected chi connectivity index (χ1v) is 11.4. The number of carbonyl (C=O) groups excluding carboxylic acids is 1. The van der Waals surface area contributed by atoms with Crippen molar-refractivity contribution in [1.82, 2.24) is 9.21 Å². The highest BCUT2D eigenvalue weighted by Gasteiger charge is 2.60. The quantitative estimate of drug-likeness (QED) is 0.576. The molecule has 0 aromatic heterocycles. The number of carbonyl (C=O) groups is 1. The molecule has 1 spiro atoms. The number of piperidine rings is 1. The van der Waals surface area contributed by atoms with Crippen molar-refractivity contribution in [2.45, 2.75) is 61.9 Å². The normalized spacial score (nSPS) is 27.5. The zero-order valence-electron chi connectivity index (χ0n) is 16.7. The fraction of sp³-hybridized carbons (Fsp3) is 0.941. The van der Waals surface area contributed by atoms with Crippen LogP contribution in [0.25, 0.3) is 0 Å². The second-order valence-corrected chi connectivity index (χ2v) is 10.3. The molecule has 180 valence electrons. The smallest absolute Gasteiger partial charge is 0.426 e. The minimum atomic E-state index is -5.79. The van der Waals surface area contributed by atoms with Crippen molar-refractivity contribution in [2.24, 2.45) is 5.92 Å². The minimum Gasteiger partial charge on any atom is -0.426 e. The fourth-order valence-electron chi connectivity index (χ4n) is 4.13. The molecule has 0 aromatic rings. The van der Waals surface area contributed by atoms with E-state index in [-0.39, 0.29) is 51.5 Å². The highest BCUT2D eigenvalue weighted by Crippen LogP contribution is 2.43. The van der Waals surface area contributed by atoms with E-state index in [2.05, 4.69) is 4.74 Å². The Morgan fingerprint density at radius 2 is 1.71 bits per heavy atom. The Kier molecular flexibility index (Phi) is 6.48. The zero-order chi connectivity index (χ0) is 23.2. The maximum Gasteiger partial charge on any atom is 0.434 e. The van der Waals surface area contributed by atoms with Gasteiger partial charge in [0, 0.05) is 26.2 Å². The summed E-state index contributed by atoms with van der Waals surface area (Å²) in [7, 11) is -3.51. The van der Waals surface area contributed by atoms with E-state index >= 15 is 0 Å². The molecular weight excluding hydrogens is 458 g/mol. The lowest BCUT2D eigenvalue weighted by molar-refractivity contribution is -0.308. The molecule has 14 heteroatoms. The SMILES string of the molecule is CCC1CC1S(=O)(=O)N1CCOC2(CCN(C(=O)OC(C(F)(F)F)C(F)(F)F)CC2)C1. The van der Waals surface area contributed by atoms with Gasteiger partial charge in [-0.05, 0) is 25.2 Å². The van der Waals surface area contributed by atoms with Gasteiger partial charge in [-0.25, -0.2) is 13.2 Å². The van der Waals surface area contributed by atoms with Gasteiger partial charge in [-0.1, -0.05) is 13.3 Å². The predicted octanol–water partition coefficient (Wildman–Crippen LogP) is 2.91. The number of hydrogen-bond donors (Lipinski definition) is 0. The molecule has 2 atom stereocenters. The van der Waals surface area contributed by atoms with Gasteiger partial charge in [-0.2, -0.15) is 30.6 Å². The van der Waals surface area contributed by atoms with Gasteiger partial charge in [0.05, 0.1) is 17.5 Å². The number of hydrogen-bond acceptors (Lipinski definition) is 5. The molecule has 2 saturated heterocycles. The molecule has 0 aromatic carbocycles. The summed E-state index contributed by atoms with van der Waals surface area (Å²) >= 11 is 0. The summed E-state index contributed by atoms with van der Waals surface area (Å²) in [5, 5.41) is -0.426. The maximum atomic E-state index is 12.8. The molecule has 2 aliphatic heterocycles. The highest BCUT2D eigenvalue weighted by molar-refractivity contribution is 7.90. The van der Waals surface area contributed by atoms with Crippen molar-refractivity contribution >= 4 is 16.1 Å². The van der Waals surface area contributed by atoms with Gasteiger partial charge >= 0.3 is 18.4 Å². The van der Waals surface area contributed by atoms with Gasteiger partial charge in [-0.3, -0.25) is 0 Å². The average Bonchev–Trinajstić information content (AvgIpc) is 3.45. The van der Waals surface area contributed by atoms with Crippen molar-refractivity contribution in [3.05, 3.63) is 0 Å². The molecule has 2 unspecified atom stereocenters. The van der Waals surface area contributed by atoms with Crippen LogP contribution < -0.4 is 0 Å². The molecule has 3 aliphatic rings. The van der Waals surface area contributed by atoms with Gasteiger partial charge in [0.2, 0.25) is 10.0 Å². The van der Waals surface area contributed by atoms with E-state index in [9.17, 15) is 39.6 Å². The van der Waals surface area contributed by atoms with Gasteiger partial charge < -0.3 is 14.4 Å². The number of ether oxygens (including phenoxy) is 2. The number of halogens is 6. The molecule has 2 heterocycles. The Hall–Kier alpha value is -1.28. The molecule has 7 nitrogen and oxygen atoms in total. The summed E-state index contributed by atoms with van der Waals surface area (Å²) in [6.45, 7) is 1.84. The number of sulfonamides is 1. The zero-order valence-corrected chi connectivity index (χ0v) is 17.5. The summed E-state index contributed by atoms with van der Waals surface area (Å²) in [5.74, 6) is 0.121. The maximum absolute atomic E-state index is 12.8. The van der Waals surface area contributed by atoms with Crippen LogP contribution >= 0.6 is 0 Å². The summed E-state index contributed by atoms with van der Waals surface area (Å²) < 4.78 is 112. The van der Waals surface area contributed by atoms with E-state index in [0.717, 1.165) is 11.3 Å². The third-order valence-corrected chi connectivity index (χ3v) is 8.46.